The third-order valence-corrected chi connectivity index (χ3v) is 5.15. The lowest BCUT2D eigenvalue weighted by molar-refractivity contribution is -0.115. The second-order valence-corrected chi connectivity index (χ2v) is 6.95. The molecule has 0 N–H and O–H groups in total. The summed E-state index contributed by atoms with van der Waals surface area (Å²) >= 11 is 0. The van der Waals surface area contributed by atoms with Crippen LogP contribution < -0.4 is 0 Å². The summed E-state index contributed by atoms with van der Waals surface area (Å²) in [5, 5.41) is 0. The van der Waals surface area contributed by atoms with Crippen LogP contribution in [0, 0.1) is 5.41 Å². The Morgan fingerprint density at radius 1 is 1.05 bits per heavy atom. The largest absolute Gasteiger partial charge is 0.490 e. The molecule has 2 fully saturated rings. The van der Waals surface area contributed by atoms with Gasteiger partial charge >= 0.3 is 7.12 Å². The van der Waals surface area contributed by atoms with E-state index in [1.165, 1.54) is 6.42 Å². The summed E-state index contributed by atoms with van der Waals surface area (Å²) in [6.07, 6.45) is 6.18. The minimum atomic E-state index is -0.465. The molecule has 2 rings (SSSR count). The van der Waals surface area contributed by atoms with Crippen LogP contribution >= 0.6 is 0 Å². The molecular weight excluding hydrogens is 239 g/mol. The van der Waals surface area contributed by atoms with Gasteiger partial charge in [-0.05, 0) is 46.0 Å². The van der Waals surface area contributed by atoms with Crippen molar-refractivity contribution in [3.63, 3.8) is 0 Å². The van der Waals surface area contributed by atoms with E-state index in [0.29, 0.717) is 0 Å². The van der Waals surface area contributed by atoms with Crippen molar-refractivity contribution < 1.29 is 14.1 Å². The van der Waals surface area contributed by atoms with Crippen molar-refractivity contribution in [3.05, 3.63) is 12.1 Å². The van der Waals surface area contributed by atoms with Crippen LogP contribution in [-0.2, 0) is 14.1 Å². The van der Waals surface area contributed by atoms with Crippen molar-refractivity contribution in [2.45, 2.75) is 71.0 Å². The van der Waals surface area contributed by atoms with Crippen molar-refractivity contribution in [1.29, 1.82) is 0 Å². The summed E-state index contributed by atoms with van der Waals surface area (Å²) in [5.41, 5.74) is -0.390. The van der Waals surface area contributed by atoms with Crippen LogP contribution in [0.15, 0.2) is 12.1 Å². The summed E-state index contributed by atoms with van der Waals surface area (Å²) in [4.78, 5) is 11.6. The number of allylic oxidation sites excluding steroid dienone is 1. The Labute approximate surface area is 116 Å². The van der Waals surface area contributed by atoms with Crippen molar-refractivity contribution >= 4 is 13.4 Å². The molecule has 0 amide bonds. The first kappa shape index (κ1) is 14.8. The van der Waals surface area contributed by atoms with Gasteiger partial charge in [0.1, 0.15) is 6.29 Å². The van der Waals surface area contributed by atoms with Crippen LogP contribution in [0.5, 0.6) is 0 Å². The van der Waals surface area contributed by atoms with E-state index in [2.05, 4.69) is 6.58 Å². The van der Waals surface area contributed by atoms with Gasteiger partial charge in [0.05, 0.1) is 11.2 Å². The van der Waals surface area contributed by atoms with Crippen LogP contribution in [0.4, 0.5) is 0 Å². The third kappa shape index (κ3) is 2.41. The molecule has 0 spiro atoms. The molecule has 0 bridgehead atoms. The van der Waals surface area contributed by atoms with Crippen LogP contribution in [0.3, 0.4) is 0 Å². The summed E-state index contributed by atoms with van der Waals surface area (Å²) in [5.74, 6) is 0. The predicted molar refractivity (Wildman–Crippen MR) is 76.8 cm³/mol. The zero-order chi connectivity index (χ0) is 14.3. The third-order valence-electron chi connectivity index (χ3n) is 5.15. The Kier molecular flexibility index (Phi) is 3.69. The summed E-state index contributed by atoms with van der Waals surface area (Å²) in [7, 11) is -0.465. The lowest BCUT2D eigenvalue weighted by Gasteiger charge is -2.34. The lowest BCUT2D eigenvalue weighted by Crippen LogP contribution is -2.41. The maximum Gasteiger partial charge on any atom is 0.490 e. The van der Waals surface area contributed by atoms with Gasteiger partial charge in [0.25, 0.3) is 0 Å². The van der Waals surface area contributed by atoms with Gasteiger partial charge in [-0.1, -0.05) is 19.3 Å². The maximum atomic E-state index is 11.6. The number of rotatable bonds is 3. The molecular formula is C15H25BO3. The fraction of sp³-hybridized carbons (Fsp3) is 0.800. The molecule has 0 aromatic heterocycles. The zero-order valence-electron chi connectivity index (χ0n) is 12.6. The molecule has 4 heteroatoms. The zero-order valence-corrected chi connectivity index (χ0v) is 12.6. The highest BCUT2D eigenvalue weighted by Crippen LogP contribution is 2.46. The maximum absolute atomic E-state index is 11.6. The molecule has 1 aliphatic carbocycles. The highest BCUT2D eigenvalue weighted by molar-refractivity contribution is 6.55. The van der Waals surface area contributed by atoms with Gasteiger partial charge in [0.2, 0.25) is 0 Å². The van der Waals surface area contributed by atoms with Crippen LogP contribution in [0.1, 0.15) is 59.8 Å². The molecule has 3 nitrogen and oxygen atoms in total. The van der Waals surface area contributed by atoms with E-state index in [0.717, 1.165) is 37.4 Å². The average Bonchev–Trinajstić information content (AvgIpc) is 2.58. The van der Waals surface area contributed by atoms with Crippen molar-refractivity contribution in [1.82, 2.24) is 0 Å². The Hall–Kier alpha value is -0.605. The van der Waals surface area contributed by atoms with E-state index in [1.54, 1.807) is 0 Å². The van der Waals surface area contributed by atoms with Gasteiger partial charge in [0, 0.05) is 5.41 Å². The molecule has 0 aromatic rings. The number of aldehydes is 1. The van der Waals surface area contributed by atoms with Gasteiger partial charge < -0.3 is 14.1 Å². The molecule has 2 aliphatic rings. The van der Waals surface area contributed by atoms with E-state index < -0.39 is 12.5 Å². The molecule has 1 saturated heterocycles. The van der Waals surface area contributed by atoms with E-state index in [1.807, 2.05) is 27.7 Å². The number of hydrogen-bond donors (Lipinski definition) is 0. The van der Waals surface area contributed by atoms with E-state index in [4.69, 9.17) is 9.31 Å². The highest BCUT2D eigenvalue weighted by atomic mass is 16.7. The van der Waals surface area contributed by atoms with Crippen LogP contribution in [0.2, 0.25) is 0 Å². The van der Waals surface area contributed by atoms with Crippen molar-refractivity contribution in [2.24, 2.45) is 5.41 Å². The van der Waals surface area contributed by atoms with E-state index >= 15 is 0 Å². The average molecular weight is 264 g/mol. The van der Waals surface area contributed by atoms with Gasteiger partial charge in [-0.3, -0.25) is 0 Å². The molecule has 0 radical (unpaired) electrons. The summed E-state index contributed by atoms with van der Waals surface area (Å²) in [6.45, 7) is 12.2. The minimum Gasteiger partial charge on any atom is -0.400 e. The first-order valence-electron chi connectivity index (χ1n) is 7.25. The Bertz CT molecular complexity index is 365. The number of carbonyl (C=O) groups excluding carboxylic acids is 1. The predicted octanol–water partition coefficient (Wildman–Crippen LogP) is 3.32. The summed E-state index contributed by atoms with van der Waals surface area (Å²) < 4.78 is 12.1. The minimum absolute atomic E-state index is 0.376. The highest BCUT2D eigenvalue weighted by Gasteiger charge is 2.55. The molecule has 1 saturated carbocycles. The molecule has 106 valence electrons. The number of carbonyl (C=O) groups is 1. The smallest absolute Gasteiger partial charge is 0.400 e. The Balaban J connectivity index is 2.19. The Morgan fingerprint density at radius 3 is 1.95 bits per heavy atom. The van der Waals surface area contributed by atoms with E-state index in [9.17, 15) is 4.79 Å². The lowest BCUT2D eigenvalue weighted by atomic mass is 9.58. The molecule has 1 aliphatic heterocycles. The summed E-state index contributed by atoms with van der Waals surface area (Å²) in [6, 6.07) is 0. The van der Waals surface area contributed by atoms with Gasteiger partial charge in [0.15, 0.2) is 0 Å². The fourth-order valence-corrected chi connectivity index (χ4v) is 2.92. The van der Waals surface area contributed by atoms with Crippen LogP contribution in [-0.4, -0.2) is 24.6 Å². The topological polar surface area (TPSA) is 35.5 Å². The second-order valence-electron chi connectivity index (χ2n) is 6.95. The first-order chi connectivity index (χ1) is 8.74. The standard InChI is InChI=1S/C15H25BO3/c1-12(15(11-17)9-7-6-8-10-15)16-18-13(2,3)14(4,5)19-16/h11H,1,6-10H2,2-5H3. The molecule has 0 atom stereocenters. The van der Waals surface area contributed by atoms with Gasteiger partial charge in [-0.25, -0.2) is 0 Å². The first-order valence-corrected chi connectivity index (χ1v) is 7.25. The van der Waals surface area contributed by atoms with Crippen LogP contribution in [0.25, 0.3) is 0 Å². The van der Waals surface area contributed by atoms with Gasteiger partial charge in [-0.2, -0.15) is 0 Å². The fourth-order valence-electron chi connectivity index (χ4n) is 2.92. The second kappa shape index (κ2) is 4.74. The number of hydrogen-bond acceptors (Lipinski definition) is 3. The van der Waals surface area contributed by atoms with Crippen molar-refractivity contribution in [3.8, 4) is 0 Å². The molecule has 0 unspecified atom stereocenters. The quantitative estimate of drug-likeness (QED) is 0.579. The molecule has 0 aromatic carbocycles. The molecule has 19 heavy (non-hydrogen) atoms. The van der Waals surface area contributed by atoms with Gasteiger partial charge in [-0.15, -0.1) is 6.58 Å². The van der Waals surface area contributed by atoms with Crippen molar-refractivity contribution in [2.75, 3.05) is 0 Å². The molecule has 1 heterocycles. The Morgan fingerprint density at radius 2 is 1.53 bits per heavy atom. The SMILES string of the molecule is C=C(B1OC(C)(C)C(C)(C)O1)C1(C=O)CCCCC1. The monoisotopic (exact) mass is 264 g/mol. The van der Waals surface area contributed by atoms with E-state index in [-0.39, 0.29) is 11.2 Å². The normalized spacial score (nSPS) is 28.1.